The minimum atomic E-state index is 0.360. The van der Waals surface area contributed by atoms with Crippen molar-refractivity contribution in [2.45, 2.75) is 23.5 Å². The van der Waals surface area contributed by atoms with Gasteiger partial charge in [-0.2, -0.15) is 0 Å². The van der Waals surface area contributed by atoms with Gasteiger partial charge in [0.25, 0.3) is 0 Å². The van der Waals surface area contributed by atoms with E-state index in [1.807, 2.05) is 12.1 Å². The molecule has 0 amide bonds. The Balaban J connectivity index is 2.53. The fourth-order valence-electron chi connectivity index (χ4n) is 0.929. The van der Waals surface area contributed by atoms with Crippen LogP contribution in [0.1, 0.15) is 13.3 Å². The van der Waals surface area contributed by atoms with E-state index in [1.54, 1.807) is 11.8 Å². The molecule has 0 aliphatic heterocycles. The summed E-state index contributed by atoms with van der Waals surface area (Å²) >= 11 is 5.10. The van der Waals surface area contributed by atoms with Crippen molar-refractivity contribution in [3.8, 4) is 0 Å². The number of rotatable bonds is 4. The molecule has 1 aromatic carbocycles. The quantitative estimate of drug-likeness (QED) is 0.608. The Labute approximate surface area is 91.0 Å². The molecule has 0 bridgehead atoms. The van der Waals surface area contributed by atoms with Gasteiger partial charge in [0.1, 0.15) is 6.29 Å². The third-order valence-corrected chi connectivity index (χ3v) is 3.25. The molecule has 0 saturated heterocycles. The van der Waals surface area contributed by atoms with Gasteiger partial charge in [0.05, 0.1) is 0 Å². The van der Waals surface area contributed by atoms with Crippen LogP contribution in [0.2, 0.25) is 0 Å². The van der Waals surface area contributed by atoms with Crippen molar-refractivity contribution in [2.24, 2.45) is 0 Å². The van der Waals surface area contributed by atoms with Gasteiger partial charge in [-0.05, 0) is 24.3 Å². The highest BCUT2D eigenvalue weighted by Crippen LogP contribution is 2.25. The minimum Gasteiger partial charge on any atom is -0.303 e. The van der Waals surface area contributed by atoms with Crippen LogP contribution in [0, 0.1) is 0 Å². The number of carbonyl (C=O) groups excluding carboxylic acids is 1. The topological polar surface area (TPSA) is 17.1 Å². The van der Waals surface area contributed by atoms with Crippen LogP contribution < -0.4 is 0 Å². The Morgan fingerprint density at radius 1 is 1.46 bits per heavy atom. The lowest BCUT2D eigenvalue weighted by Crippen LogP contribution is -1.95. The standard InChI is InChI=1S/C10H11BrOS/c1-8(6-7-12)13-10-4-2-9(11)3-5-10/h2-5,7-8H,6H2,1H3. The van der Waals surface area contributed by atoms with Crippen LogP contribution in [0.3, 0.4) is 0 Å². The van der Waals surface area contributed by atoms with Crippen molar-refractivity contribution >= 4 is 34.0 Å². The Kier molecular flexibility index (Phi) is 4.53. The summed E-state index contributed by atoms with van der Waals surface area (Å²) < 4.78 is 1.08. The van der Waals surface area contributed by atoms with Crippen LogP contribution in [0.5, 0.6) is 0 Å². The predicted molar refractivity (Wildman–Crippen MR) is 60.1 cm³/mol. The summed E-state index contributed by atoms with van der Waals surface area (Å²) in [7, 11) is 0. The summed E-state index contributed by atoms with van der Waals surface area (Å²) in [6, 6.07) is 8.12. The van der Waals surface area contributed by atoms with Crippen molar-refractivity contribution in [2.75, 3.05) is 0 Å². The van der Waals surface area contributed by atoms with Gasteiger partial charge in [0.15, 0.2) is 0 Å². The van der Waals surface area contributed by atoms with Crippen molar-refractivity contribution in [3.63, 3.8) is 0 Å². The highest BCUT2D eigenvalue weighted by atomic mass is 79.9. The van der Waals surface area contributed by atoms with Crippen molar-refractivity contribution < 1.29 is 4.79 Å². The van der Waals surface area contributed by atoms with E-state index in [2.05, 4.69) is 35.0 Å². The summed E-state index contributed by atoms with van der Waals surface area (Å²) in [5.41, 5.74) is 0. The number of aldehydes is 1. The molecule has 0 aromatic heterocycles. The molecule has 0 aliphatic rings. The van der Waals surface area contributed by atoms with Gasteiger partial charge >= 0.3 is 0 Å². The maximum Gasteiger partial charge on any atom is 0.121 e. The largest absolute Gasteiger partial charge is 0.303 e. The second-order valence-electron chi connectivity index (χ2n) is 2.78. The molecule has 1 rings (SSSR count). The van der Waals surface area contributed by atoms with Crippen molar-refractivity contribution in [1.82, 2.24) is 0 Å². The SMILES string of the molecule is CC(CC=O)Sc1ccc(Br)cc1. The van der Waals surface area contributed by atoms with Crippen LogP contribution in [-0.2, 0) is 4.79 Å². The van der Waals surface area contributed by atoms with Gasteiger partial charge in [0.2, 0.25) is 0 Å². The average Bonchev–Trinajstić information content (AvgIpc) is 2.09. The van der Waals surface area contributed by atoms with Gasteiger partial charge in [-0.3, -0.25) is 0 Å². The first-order valence-corrected chi connectivity index (χ1v) is 5.75. The highest BCUT2D eigenvalue weighted by molar-refractivity contribution is 9.10. The Bertz CT molecular complexity index is 271. The molecule has 1 unspecified atom stereocenters. The molecule has 0 radical (unpaired) electrons. The van der Waals surface area contributed by atoms with Gasteiger partial charge in [-0.15, -0.1) is 11.8 Å². The monoisotopic (exact) mass is 258 g/mol. The van der Waals surface area contributed by atoms with E-state index in [9.17, 15) is 4.79 Å². The third kappa shape index (κ3) is 3.96. The molecule has 1 atom stereocenters. The van der Waals surface area contributed by atoms with Crippen LogP contribution >= 0.6 is 27.7 Å². The number of benzene rings is 1. The maximum atomic E-state index is 10.2. The van der Waals surface area contributed by atoms with E-state index in [1.165, 1.54) is 4.90 Å². The van der Waals surface area contributed by atoms with E-state index < -0.39 is 0 Å². The van der Waals surface area contributed by atoms with Crippen LogP contribution in [-0.4, -0.2) is 11.5 Å². The van der Waals surface area contributed by atoms with Gasteiger partial charge in [-0.1, -0.05) is 22.9 Å². The lowest BCUT2D eigenvalue weighted by atomic mass is 10.4. The predicted octanol–water partition coefficient (Wildman–Crippen LogP) is 3.52. The average molecular weight is 259 g/mol. The zero-order chi connectivity index (χ0) is 9.68. The molecular weight excluding hydrogens is 248 g/mol. The van der Waals surface area contributed by atoms with Crippen molar-refractivity contribution in [3.05, 3.63) is 28.7 Å². The summed E-state index contributed by atoms with van der Waals surface area (Å²) in [5.74, 6) is 0. The Morgan fingerprint density at radius 2 is 2.08 bits per heavy atom. The molecule has 0 N–H and O–H groups in total. The lowest BCUT2D eigenvalue weighted by molar-refractivity contribution is -0.107. The first-order valence-electron chi connectivity index (χ1n) is 4.08. The zero-order valence-corrected chi connectivity index (χ0v) is 9.77. The summed E-state index contributed by atoms with van der Waals surface area (Å²) in [6.45, 7) is 2.06. The maximum absolute atomic E-state index is 10.2. The fourth-order valence-corrected chi connectivity index (χ4v) is 2.13. The molecule has 0 saturated carbocycles. The van der Waals surface area contributed by atoms with Crippen molar-refractivity contribution in [1.29, 1.82) is 0 Å². The lowest BCUT2D eigenvalue weighted by Gasteiger charge is -2.06. The summed E-state index contributed by atoms with van der Waals surface area (Å²) in [6.07, 6.45) is 1.58. The molecule has 0 fully saturated rings. The highest BCUT2D eigenvalue weighted by Gasteiger charge is 2.02. The number of thioether (sulfide) groups is 1. The molecule has 3 heteroatoms. The van der Waals surface area contributed by atoms with E-state index in [-0.39, 0.29) is 0 Å². The Morgan fingerprint density at radius 3 is 2.62 bits per heavy atom. The molecule has 1 aromatic rings. The molecule has 0 aliphatic carbocycles. The number of hydrogen-bond donors (Lipinski definition) is 0. The van der Waals surface area contributed by atoms with E-state index in [4.69, 9.17) is 0 Å². The normalized spacial score (nSPS) is 12.5. The third-order valence-electron chi connectivity index (χ3n) is 1.58. The number of halogens is 1. The molecule has 1 nitrogen and oxygen atoms in total. The first kappa shape index (κ1) is 10.8. The molecular formula is C10H11BrOS. The van der Waals surface area contributed by atoms with E-state index in [0.29, 0.717) is 11.7 Å². The summed E-state index contributed by atoms with van der Waals surface area (Å²) in [5, 5.41) is 0.360. The molecule has 0 spiro atoms. The zero-order valence-electron chi connectivity index (χ0n) is 7.37. The van der Waals surface area contributed by atoms with Crippen LogP contribution in [0.4, 0.5) is 0 Å². The van der Waals surface area contributed by atoms with Gasteiger partial charge < -0.3 is 4.79 Å². The smallest absolute Gasteiger partial charge is 0.121 e. The molecule has 13 heavy (non-hydrogen) atoms. The molecule has 70 valence electrons. The van der Waals surface area contributed by atoms with E-state index >= 15 is 0 Å². The minimum absolute atomic E-state index is 0.360. The van der Waals surface area contributed by atoms with Gasteiger partial charge in [0, 0.05) is 21.0 Å². The van der Waals surface area contributed by atoms with Crippen LogP contribution in [0.25, 0.3) is 0 Å². The van der Waals surface area contributed by atoms with E-state index in [0.717, 1.165) is 10.8 Å². The van der Waals surface area contributed by atoms with Crippen LogP contribution in [0.15, 0.2) is 33.6 Å². The van der Waals surface area contributed by atoms with Gasteiger partial charge in [-0.25, -0.2) is 0 Å². The second kappa shape index (κ2) is 5.45. The second-order valence-corrected chi connectivity index (χ2v) is 5.21. The Hall–Kier alpha value is -0.280. The molecule has 0 heterocycles. The summed E-state index contributed by atoms with van der Waals surface area (Å²) in [4.78, 5) is 11.4. The first-order chi connectivity index (χ1) is 6.22. The fraction of sp³-hybridized carbons (Fsp3) is 0.300. The number of hydrogen-bond acceptors (Lipinski definition) is 2. The number of carbonyl (C=O) groups is 1.